The van der Waals surface area contributed by atoms with Crippen molar-refractivity contribution in [1.29, 1.82) is 0 Å². The van der Waals surface area contributed by atoms with Crippen LogP contribution >= 0.6 is 27.5 Å². The van der Waals surface area contributed by atoms with Gasteiger partial charge in [-0.15, -0.1) is 0 Å². The van der Waals surface area contributed by atoms with E-state index >= 15 is 0 Å². The number of carbonyl (C=O) groups is 1. The zero-order chi connectivity index (χ0) is 14.0. The van der Waals surface area contributed by atoms with Crippen LogP contribution in [0.5, 0.6) is 0 Å². The van der Waals surface area contributed by atoms with Crippen molar-refractivity contribution in [2.24, 2.45) is 0 Å². The van der Waals surface area contributed by atoms with Gasteiger partial charge in [-0.2, -0.15) is 0 Å². The van der Waals surface area contributed by atoms with Crippen molar-refractivity contribution in [1.82, 2.24) is 4.98 Å². The average Bonchev–Trinajstić information content (AvgIpc) is 2.33. The zero-order valence-electron chi connectivity index (χ0n) is 10.5. The molecular weight excluding hydrogens is 328 g/mol. The van der Waals surface area contributed by atoms with Gasteiger partial charge in [0.2, 0.25) is 0 Å². The number of anilines is 1. The van der Waals surface area contributed by atoms with Gasteiger partial charge >= 0.3 is 0 Å². The highest BCUT2D eigenvalue weighted by Crippen LogP contribution is 2.24. The van der Waals surface area contributed by atoms with Crippen LogP contribution in [-0.4, -0.2) is 10.9 Å². The maximum absolute atomic E-state index is 12.2. The van der Waals surface area contributed by atoms with E-state index in [1.807, 2.05) is 26.0 Å². The van der Waals surface area contributed by atoms with Crippen molar-refractivity contribution in [3.05, 3.63) is 56.8 Å². The van der Waals surface area contributed by atoms with E-state index in [2.05, 4.69) is 26.2 Å². The lowest BCUT2D eigenvalue weighted by molar-refractivity contribution is 0.102. The van der Waals surface area contributed by atoms with Gasteiger partial charge in [0.25, 0.3) is 5.91 Å². The summed E-state index contributed by atoms with van der Waals surface area (Å²) in [6, 6.07) is 7.40. The van der Waals surface area contributed by atoms with Crippen molar-refractivity contribution in [2.45, 2.75) is 13.8 Å². The SMILES string of the molecule is Cc1ccc(C(=O)Nc2cc(Br)cnc2Cl)c(C)c1. The van der Waals surface area contributed by atoms with E-state index in [1.54, 1.807) is 18.3 Å². The molecular formula is C14H12BrClN2O. The molecule has 5 heteroatoms. The fourth-order valence-corrected chi connectivity index (χ4v) is 2.25. The number of benzene rings is 1. The summed E-state index contributed by atoms with van der Waals surface area (Å²) in [5, 5.41) is 3.03. The number of rotatable bonds is 2. The number of hydrogen-bond acceptors (Lipinski definition) is 2. The van der Waals surface area contributed by atoms with E-state index in [-0.39, 0.29) is 11.1 Å². The molecule has 1 aromatic heterocycles. The summed E-state index contributed by atoms with van der Waals surface area (Å²) < 4.78 is 0.757. The van der Waals surface area contributed by atoms with Crippen molar-refractivity contribution < 1.29 is 4.79 Å². The van der Waals surface area contributed by atoms with E-state index in [1.165, 1.54) is 0 Å². The standard InChI is InChI=1S/C14H12BrClN2O/c1-8-3-4-11(9(2)5-8)14(19)18-12-6-10(15)7-17-13(12)16/h3-7H,1-2H3,(H,18,19). The molecule has 98 valence electrons. The Balaban J connectivity index is 2.28. The maximum Gasteiger partial charge on any atom is 0.256 e. The fraction of sp³-hybridized carbons (Fsp3) is 0.143. The van der Waals surface area contributed by atoms with Crippen LogP contribution in [0.1, 0.15) is 21.5 Å². The molecule has 0 atom stereocenters. The summed E-state index contributed by atoms with van der Waals surface area (Å²) in [4.78, 5) is 16.2. The van der Waals surface area contributed by atoms with Crippen LogP contribution < -0.4 is 5.32 Å². The number of hydrogen-bond donors (Lipinski definition) is 1. The van der Waals surface area contributed by atoms with Crippen molar-refractivity contribution >= 4 is 39.1 Å². The molecule has 0 saturated heterocycles. The number of aryl methyl sites for hydroxylation is 2. The Hall–Kier alpha value is -1.39. The highest BCUT2D eigenvalue weighted by molar-refractivity contribution is 9.10. The van der Waals surface area contributed by atoms with Crippen LogP contribution in [0, 0.1) is 13.8 Å². The maximum atomic E-state index is 12.2. The Morgan fingerprint density at radius 2 is 2.05 bits per heavy atom. The van der Waals surface area contributed by atoms with Crippen LogP contribution in [0.3, 0.4) is 0 Å². The second kappa shape index (κ2) is 5.72. The topological polar surface area (TPSA) is 42.0 Å². The molecule has 0 aliphatic heterocycles. The molecule has 1 aromatic carbocycles. The van der Waals surface area contributed by atoms with Gasteiger partial charge in [-0.25, -0.2) is 4.98 Å². The summed E-state index contributed by atoms with van der Waals surface area (Å²) in [5.41, 5.74) is 3.16. The molecule has 1 N–H and O–H groups in total. The van der Waals surface area contributed by atoms with Crippen LogP contribution in [-0.2, 0) is 0 Å². The first-order valence-corrected chi connectivity index (χ1v) is 6.84. The van der Waals surface area contributed by atoms with Gasteiger partial charge in [0.1, 0.15) is 0 Å². The minimum Gasteiger partial charge on any atom is -0.319 e. The van der Waals surface area contributed by atoms with Gasteiger partial charge in [0.05, 0.1) is 5.69 Å². The number of halogens is 2. The normalized spacial score (nSPS) is 10.3. The summed E-state index contributed by atoms with van der Waals surface area (Å²) in [6.45, 7) is 3.90. The average molecular weight is 340 g/mol. The van der Waals surface area contributed by atoms with Gasteiger partial charge in [0, 0.05) is 16.2 Å². The zero-order valence-corrected chi connectivity index (χ0v) is 12.8. The molecule has 1 heterocycles. The number of amides is 1. The lowest BCUT2D eigenvalue weighted by atomic mass is 10.1. The molecule has 0 fully saturated rings. The molecule has 3 nitrogen and oxygen atoms in total. The highest BCUT2D eigenvalue weighted by Gasteiger charge is 2.11. The van der Waals surface area contributed by atoms with E-state index in [9.17, 15) is 4.79 Å². The van der Waals surface area contributed by atoms with E-state index in [0.29, 0.717) is 11.3 Å². The minimum absolute atomic E-state index is 0.195. The first-order valence-electron chi connectivity index (χ1n) is 5.67. The number of nitrogens with one attached hydrogen (secondary N) is 1. The predicted octanol–water partition coefficient (Wildman–Crippen LogP) is 4.37. The molecule has 0 saturated carbocycles. The molecule has 0 aliphatic carbocycles. The van der Waals surface area contributed by atoms with Gasteiger partial charge in [-0.3, -0.25) is 4.79 Å². The molecule has 2 aromatic rings. The van der Waals surface area contributed by atoms with Crippen LogP contribution in [0.25, 0.3) is 0 Å². The number of aromatic nitrogens is 1. The molecule has 19 heavy (non-hydrogen) atoms. The highest BCUT2D eigenvalue weighted by atomic mass is 79.9. The molecule has 0 radical (unpaired) electrons. The Morgan fingerprint density at radius 3 is 2.74 bits per heavy atom. The molecule has 0 aliphatic rings. The second-order valence-electron chi connectivity index (χ2n) is 4.26. The van der Waals surface area contributed by atoms with Crippen LogP contribution in [0.4, 0.5) is 5.69 Å². The molecule has 0 bridgehead atoms. The van der Waals surface area contributed by atoms with Gasteiger partial charge in [-0.1, -0.05) is 29.3 Å². The van der Waals surface area contributed by atoms with Crippen molar-refractivity contribution in [2.75, 3.05) is 5.32 Å². The number of carbonyl (C=O) groups excluding carboxylic acids is 1. The summed E-state index contributed by atoms with van der Waals surface area (Å²) in [5.74, 6) is -0.195. The second-order valence-corrected chi connectivity index (χ2v) is 5.54. The Morgan fingerprint density at radius 1 is 1.32 bits per heavy atom. The Labute approximate surface area is 125 Å². The van der Waals surface area contributed by atoms with Crippen molar-refractivity contribution in [3.8, 4) is 0 Å². The Bertz CT molecular complexity index is 643. The lowest BCUT2D eigenvalue weighted by Crippen LogP contribution is -2.14. The van der Waals surface area contributed by atoms with Gasteiger partial charge < -0.3 is 5.32 Å². The number of nitrogens with zero attached hydrogens (tertiary/aromatic N) is 1. The van der Waals surface area contributed by atoms with E-state index < -0.39 is 0 Å². The van der Waals surface area contributed by atoms with Crippen molar-refractivity contribution in [3.63, 3.8) is 0 Å². The van der Waals surface area contributed by atoms with Gasteiger partial charge in [-0.05, 0) is 47.5 Å². The predicted molar refractivity (Wildman–Crippen MR) is 80.8 cm³/mol. The third-order valence-corrected chi connectivity index (χ3v) is 3.42. The smallest absolute Gasteiger partial charge is 0.256 e. The summed E-state index contributed by atoms with van der Waals surface area (Å²) in [7, 11) is 0. The summed E-state index contributed by atoms with van der Waals surface area (Å²) in [6.07, 6.45) is 1.58. The summed E-state index contributed by atoms with van der Waals surface area (Å²) >= 11 is 9.24. The van der Waals surface area contributed by atoms with E-state index in [0.717, 1.165) is 15.6 Å². The fourth-order valence-electron chi connectivity index (χ4n) is 1.77. The quantitative estimate of drug-likeness (QED) is 0.826. The third-order valence-electron chi connectivity index (χ3n) is 2.68. The molecule has 0 spiro atoms. The van der Waals surface area contributed by atoms with Crippen LogP contribution in [0.15, 0.2) is 34.9 Å². The first kappa shape index (κ1) is 14.0. The minimum atomic E-state index is -0.195. The largest absolute Gasteiger partial charge is 0.319 e. The first-order chi connectivity index (χ1) is 8.97. The lowest BCUT2D eigenvalue weighted by Gasteiger charge is -2.09. The van der Waals surface area contributed by atoms with Gasteiger partial charge in [0.15, 0.2) is 5.15 Å². The van der Waals surface area contributed by atoms with E-state index in [4.69, 9.17) is 11.6 Å². The molecule has 1 amide bonds. The monoisotopic (exact) mass is 338 g/mol. The molecule has 2 rings (SSSR count). The number of pyridine rings is 1. The third kappa shape index (κ3) is 3.33. The molecule has 0 unspecified atom stereocenters. The Kier molecular flexibility index (Phi) is 4.22. The van der Waals surface area contributed by atoms with Crippen LogP contribution in [0.2, 0.25) is 5.15 Å².